The van der Waals surface area contributed by atoms with Crippen LogP contribution in [0.15, 0.2) is 12.7 Å². The summed E-state index contributed by atoms with van der Waals surface area (Å²) in [7, 11) is 0. The summed E-state index contributed by atoms with van der Waals surface area (Å²) in [5.74, 6) is -0.459. The zero-order valence-corrected chi connectivity index (χ0v) is 9.53. The number of carbonyl (C=O) groups excluding carboxylic acids is 1. The fourth-order valence-corrected chi connectivity index (χ4v) is 0.898. The van der Waals surface area contributed by atoms with Crippen LogP contribution in [0.4, 0.5) is 0 Å². The standard InChI is InChI=1S/C11H20O4/c1-4-7-8-14-11(13-6-3)9-15-10(12)5-2/h5,11H,2,4,6-9H2,1,3H3. The molecule has 0 rings (SSSR count). The van der Waals surface area contributed by atoms with Crippen LogP contribution >= 0.6 is 0 Å². The highest BCUT2D eigenvalue weighted by Gasteiger charge is 2.10. The third-order valence-corrected chi connectivity index (χ3v) is 1.68. The van der Waals surface area contributed by atoms with E-state index in [1.165, 1.54) is 0 Å². The smallest absolute Gasteiger partial charge is 0.330 e. The van der Waals surface area contributed by atoms with Crippen molar-refractivity contribution in [2.24, 2.45) is 0 Å². The molecule has 0 N–H and O–H groups in total. The van der Waals surface area contributed by atoms with Gasteiger partial charge in [-0.15, -0.1) is 0 Å². The molecule has 0 aliphatic carbocycles. The van der Waals surface area contributed by atoms with E-state index in [-0.39, 0.29) is 6.61 Å². The maximum atomic E-state index is 10.8. The fourth-order valence-electron chi connectivity index (χ4n) is 0.898. The molecule has 1 unspecified atom stereocenters. The molecule has 0 spiro atoms. The highest BCUT2D eigenvalue weighted by atomic mass is 16.7. The minimum Gasteiger partial charge on any atom is -0.457 e. The summed E-state index contributed by atoms with van der Waals surface area (Å²) in [6.45, 7) is 8.51. The van der Waals surface area contributed by atoms with Gasteiger partial charge in [-0.3, -0.25) is 0 Å². The number of unbranched alkanes of at least 4 members (excludes halogenated alkanes) is 1. The van der Waals surface area contributed by atoms with Crippen LogP contribution in [0.3, 0.4) is 0 Å². The number of rotatable bonds is 9. The first-order valence-electron chi connectivity index (χ1n) is 5.27. The van der Waals surface area contributed by atoms with Crippen molar-refractivity contribution in [2.45, 2.75) is 33.0 Å². The summed E-state index contributed by atoms with van der Waals surface area (Å²) >= 11 is 0. The van der Waals surface area contributed by atoms with Crippen molar-refractivity contribution >= 4 is 5.97 Å². The second-order valence-corrected chi connectivity index (χ2v) is 2.94. The highest BCUT2D eigenvalue weighted by molar-refractivity contribution is 5.81. The van der Waals surface area contributed by atoms with Crippen molar-refractivity contribution < 1.29 is 19.0 Å². The number of carbonyl (C=O) groups is 1. The first kappa shape index (κ1) is 14.1. The topological polar surface area (TPSA) is 44.8 Å². The van der Waals surface area contributed by atoms with Gasteiger partial charge in [0, 0.05) is 19.3 Å². The second-order valence-electron chi connectivity index (χ2n) is 2.94. The first-order chi connectivity index (χ1) is 7.24. The van der Waals surface area contributed by atoms with Crippen LogP contribution in [0, 0.1) is 0 Å². The molecule has 0 saturated carbocycles. The lowest BCUT2D eigenvalue weighted by Crippen LogP contribution is -2.25. The average Bonchev–Trinajstić information content (AvgIpc) is 2.25. The van der Waals surface area contributed by atoms with Gasteiger partial charge in [-0.05, 0) is 13.3 Å². The molecule has 0 saturated heterocycles. The molecule has 0 aliphatic heterocycles. The van der Waals surface area contributed by atoms with Crippen molar-refractivity contribution in [1.82, 2.24) is 0 Å². The number of hydrogen-bond acceptors (Lipinski definition) is 4. The lowest BCUT2D eigenvalue weighted by atomic mass is 10.4. The summed E-state index contributed by atoms with van der Waals surface area (Å²) < 4.78 is 15.5. The molecule has 88 valence electrons. The van der Waals surface area contributed by atoms with Crippen molar-refractivity contribution in [2.75, 3.05) is 19.8 Å². The molecular weight excluding hydrogens is 196 g/mol. The molecule has 4 heteroatoms. The van der Waals surface area contributed by atoms with Crippen molar-refractivity contribution in [1.29, 1.82) is 0 Å². The lowest BCUT2D eigenvalue weighted by Gasteiger charge is -2.17. The van der Waals surface area contributed by atoms with Crippen LogP contribution < -0.4 is 0 Å². The van der Waals surface area contributed by atoms with Crippen molar-refractivity contribution in [3.05, 3.63) is 12.7 Å². The number of hydrogen-bond donors (Lipinski definition) is 0. The van der Waals surface area contributed by atoms with Crippen LogP contribution in [0.1, 0.15) is 26.7 Å². The Bertz CT molecular complexity index is 179. The number of esters is 1. The second kappa shape index (κ2) is 9.68. The Morgan fingerprint density at radius 3 is 2.67 bits per heavy atom. The van der Waals surface area contributed by atoms with Gasteiger partial charge in [0.2, 0.25) is 0 Å². The first-order valence-corrected chi connectivity index (χ1v) is 5.27. The Balaban J connectivity index is 3.71. The molecule has 0 aromatic heterocycles. The Labute approximate surface area is 91.2 Å². The zero-order chi connectivity index (χ0) is 11.5. The largest absolute Gasteiger partial charge is 0.457 e. The summed E-state index contributed by atoms with van der Waals surface area (Å²) in [6, 6.07) is 0. The van der Waals surface area contributed by atoms with E-state index in [0.717, 1.165) is 18.9 Å². The lowest BCUT2D eigenvalue weighted by molar-refractivity contribution is -0.178. The van der Waals surface area contributed by atoms with Gasteiger partial charge in [-0.1, -0.05) is 19.9 Å². The van der Waals surface area contributed by atoms with E-state index < -0.39 is 12.3 Å². The Morgan fingerprint density at radius 2 is 2.13 bits per heavy atom. The molecule has 15 heavy (non-hydrogen) atoms. The molecule has 0 amide bonds. The quantitative estimate of drug-likeness (QED) is 0.255. The predicted molar refractivity (Wildman–Crippen MR) is 57.4 cm³/mol. The summed E-state index contributed by atoms with van der Waals surface area (Å²) in [5, 5.41) is 0. The maximum Gasteiger partial charge on any atom is 0.330 e. The van der Waals surface area contributed by atoms with Gasteiger partial charge < -0.3 is 14.2 Å². The molecule has 0 aromatic rings. The van der Waals surface area contributed by atoms with Crippen LogP contribution in [0.25, 0.3) is 0 Å². The SMILES string of the molecule is C=CC(=O)OCC(OCC)OCCCC. The van der Waals surface area contributed by atoms with Gasteiger partial charge in [0.1, 0.15) is 6.61 Å². The Morgan fingerprint density at radius 1 is 1.40 bits per heavy atom. The van der Waals surface area contributed by atoms with Crippen LogP contribution in [-0.4, -0.2) is 32.1 Å². The van der Waals surface area contributed by atoms with Crippen molar-refractivity contribution in [3.63, 3.8) is 0 Å². The van der Waals surface area contributed by atoms with Gasteiger partial charge in [0.05, 0.1) is 0 Å². The minimum absolute atomic E-state index is 0.113. The van der Waals surface area contributed by atoms with Crippen molar-refractivity contribution in [3.8, 4) is 0 Å². The third-order valence-electron chi connectivity index (χ3n) is 1.68. The predicted octanol–water partition coefficient (Wildman–Crippen LogP) is 1.89. The minimum atomic E-state index is -0.467. The fraction of sp³-hybridized carbons (Fsp3) is 0.727. The van der Waals surface area contributed by atoms with E-state index in [9.17, 15) is 4.79 Å². The summed E-state index contributed by atoms with van der Waals surface area (Å²) in [5.41, 5.74) is 0. The maximum absolute atomic E-state index is 10.8. The molecule has 1 atom stereocenters. The Kier molecular flexibility index (Phi) is 9.11. The Hall–Kier alpha value is -0.870. The molecule has 4 nitrogen and oxygen atoms in total. The zero-order valence-electron chi connectivity index (χ0n) is 9.53. The van der Waals surface area contributed by atoms with E-state index >= 15 is 0 Å². The molecule has 0 bridgehead atoms. The third kappa shape index (κ3) is 8.15. The van der Waals surface area contributed by atoms with Crippen LogP contribution in [0.5, 0.6) is 0 Å². The van der Waals surface area contributed by atoms with E-state index in [1.807, 2.05) is 6.92 Å². The normalized spacial score (nSPS) is 12.1. The molecule has 0 aromatic carbocycles. The van der Waals surface area contributed by atoms with E-state index in [4.69, 9.17) is 14.2 Å². The van der Waals surface area contributed by atoms with Gasteiger partial charge in [-0.25, -0.2) is 4.79 Å². The molecule has 0 heterocycles. The number of ether oxygens (including phenoxy) is 3. The average molecular weight is 216 g/mol. The molecule has 0 aliphatic rings. The van der Waals surface area contributed by atoms with Crippen LogP contribution in [0.2, 0.25) is 0 Å². The molecule has 0 radical (unpaired) electrons. The molecule has 0 fully saturated rings. The van der Waals surface area contributed by atoms with Crippen LogP contribution in [-0.2, 0) is 19.0 Å². The highest BCUT2D eigenvalue weighted by Crippen LogP contribution is 1.99. The van der Waals surface area contributed by atoms with E-state index in [0.29, 0.717) is 13.2 Å². The summed E-state index contributed by atoms with van der Waals surface area (Å²) in [6.07, 6.45) is 2.68. The van der Waals surface area contributed by atoms with Gasteiger partial charge >= 0.3 is 5.97 Å². The monoisotopic (exact) mass is 216 g/mol. The van der Waals surface area contributed by atoms with Gasteiger partial charge in [0.15, 0.2) is 6.29 Å². The van der Waals surface area contributed by atoms with Gasteiger partial charge in [0.25, 0.3) is 0 Å². The van der Waals surface area contributed by atoms with Gasteiger partial charge in [-0.2, -0.15) is 0 Å². The molecular formula is C11H20O4. The van der Waals surface area contributed by atoms with E-state index in [1.54, 1.807) is 0 Å². The summed E-state index contributed by atoms with van der Waals surface area (Å²) in [4.78, 5) is 10.8. The van der Waals surface area contributed by atoms with E-state index in [2.05, 4.69) is 13.5 Å².